The summed E-state index contributed by atoms with van der Waals surface area (Å²) in [6, 6.07) is 5.28. The summed E-state index contributed by atoms with van der Waals surface area (Å²) in [6.45, 7) is 0.420. The molecular formula is C20H33N7O6S. The number of para-hydroxylation sites is 1. The van der Waals surface area contributed by atoms with Crippen LogP contribution < -0.4 is 28.7 Å². The van der Waals surface area contributed by atoms with Gasteiger partial charge in [0, 0.05) is 35.8 Å². The van der Waals surface area contributed by atoms with Crippen LogP contribution in [0.15, 0.2) is 35.5 Å². The van der Waals surface area contributed by atoms with Gasteiger partial charge in [0.2, 0.25) is 0 Å². The number of carbonyl (C=O) groups is 3. The summed E-state index contributed by atoms with van der Waals surface area (Å²) in [7, 11) is 0. The number of carboxylic acid groups (broad SMARTS) is 3. The Kier molecular flexibility index (Phi) is 14.7. The van der Waals surface area contributed by atoms with E-state index in [1.807, 2.05) is 30.5 Å². The van der Waals surface area contributed by atoms with Gasteiger partial charge in [-0.3, -0.25) is 19.4 Å². The lowest BCUT2D eigenvalue weighted by atomic mass is 10.1. The second-order valence-electron chi connectivity index (χ2n) is 7.03. The van der Waals surface area contributed by atoms with Crippen molar-refractivity contribution < 1.29 is 29.7 Å². The quantitative estimate of drug-likeness (QED) is 0.0810. The standard InChI is InChI=1S/C11H12N2O2.C6H14N4O2.C3H7NO2S/c12-9(11(14)15)5-7-6-13-10-4-2-1-3-8(7)10;7-4(5(11)12)2-1-3-10-6(8)9;4-2(1-7)3(5)6/h1-4,6,9,13H,5,12H2,(H,14,15);4H,1-3,7H2,(H,11,12)(H4,8,9,10);2,7H,1,4H2,(H,5,6). The summed E-state index contributed by atoms with van der Waals surface area (Å²) < 4.78 is 0. The van der Waals surface area contributed by atoms with E-state index in [0.717, 1.165) is 16.5 Å². The number of fused-ring (bicyclic) bond motifs is 1. The van der Waals surface area contributed by atoms with Crippen LogP contribution in [-0.4, -0.2) is 74.6 Å². The van der Waals surface area contributed by atoms with E-state index >= 15 is 0 Å². The highest BCUT2D eigenvalue weighted by atomic mass is 32.1. The van der Waals surface area contributed by atoms with Gasteiger partial charge in [-0.25, -0.2) is 0 Å². The second kappa shape index (κ2) is 16.3. The Bertz CT molecular complexity index is 948. The Morgan fingerprint density at radius 2 is 1.50 bits per heavy atom. The molecule has 1 aromatic heterocycles. The Morgan fingerprint density at radius 1 is 0.941 bits per heavy atom. The van der Waals surface area contributed by atoms with Gasteiger partial charge >= 0.3 is 17.9 Å². The van der Waals surface area contributed by atoms with Crippen LogP contribution in [0.1, 0.15) is 18.4 Å². The normalized spacial score (nSPS) is 12.7. The summed E-state index contributed by atoms with van der Waals surface area (Å²) in [5.41, 5.74) is 27.7. The zero-order valence-corrected chi connectivity index (χ0v) is 19.4. The van der Waals surface area contributed by atoms with Crippen LogP contribution >= 0.6 is 12.6 Å². The third-order valence-corrected chi connectivity index (χ3v) is 4.62. The number of aliphatic imine (C=N–C) groups is 1. The maximum absolute atomic E-state index is 10.6. The third kappa shape index (κ3) is 12.6. The lowest BCUT2D eigenvalue weighted by molar-refractivity contribution is -0.139. The highest BCUT2D eigenvalue weighted by Gasteiger charge is 2.14. The van der Waals surface area contributed by atoms with Gasteiger partial charge in [0.05, 0.1) is 0 Å². The predicted molar refractivity (Wildman–Crippen MR) is 133 cm³/mol. The maximum Gasteiger partial charge on any atom is 0.321 e. The number of rotatable bonds is 10. The number of thiol groups is 1. The SMILES string of the molecule is NC(CS)C(=O)O.NC(Cc1c[nH]c2ccccc12)C(=O)O.NC(N)=NCCCC(N)C(=O)O. The van der Waals surface area contributed by atoms with Crippen LogP contribution in [0.4, 0.5) is 0 Å². The Labute approximate surface area is 201 Å². The van der Waals surface area contributed by atoms with E-state index in [2.05, 4.69) is 22.6 Å². The number of nitrogens with two attached hydrogens (primary N) is 5. The van der Waals surface area contributed by atoms with Crippen molar-refractivity contribution in [2.45, 2.75) is 37.4 Å². The molecule has 2 aromatic rings. The highest BCUT2D eigenvalue weighted by molar-refractivity contribution is 7.80. The van der Waals surface area contributed by atoms with Crippen molar-refractivity contribution >= 4 is 47.4 Å². The fourth-order valence-electron chi connectivity index (χ4n) is 2.35. The monoisotopic (exact) mass is 499 g/mol. The molecule has 3 unspecified atom stereocenters. The molecule has 0 bridgehead atoms. The minimum Gasteiger partial charge on any atom is -0.480 e. The molecule has 14 heteroatoms. The molecule has 3 atom stereocenters. The largest absolute Gasteiger partial charge is 0.480 e. The molecule has 14 N–H and O–H groups in total. The van der Waals surface area contributed by atoms with E-state index in [1.54, 1.807) is 0 Å². The van der Waals surface area contributed by atoms with Gasteiger partial charge in [-0.15, -0.1) is 0 Å². The number of hydrogen-bond donors (Lipinski definition) is 10. The van der Waals surface area contributed by atoms with E-state index in [9.17, 15) is 14.4 Å². The zero-order valence-electron chi connectivity index (χ0n) is 18.5. The number of aromatic amines is 1. The first-order valence-electron chi connectivity index (χ1n) is 10.1. The van der Waals surface area contributed by atoms with Crippen LogP contribution in [0.5, 0.6) is 0 Å². The van der Waals surface area contributed by atoms with Crippen molar-refractivity contribution in [2.24, 2.45) is 33.7 Å². The van der Waals surface area contributed by atoms with Crippen LogP contribution in [0.3, 0.4) is 0 Å². The fraction of sp³-hybridized carbons (Fsp3) is 0.400. The summed E-state index contributed by atoms with van der Waals surface area (Å²) in [5, 5.41) is 26.1. The first-order chi connectivity index (χ1) is 15.9. The number of H-pyrrole nitrogens is 1. The summed E-state index contributed by atoms with van der Waals surface area (Å²) in [5.74, 6) is -2.77. The first kappa shape index (κ1) is 30.7. The van der Waals surface area contributed by atoms with Crippen LogP contribution in [0, 0.1) is 0 Å². The molecule has 1 aromatic carbocycles. The van der Waals surface area contributed by atoms with Gasteiger partial charge in [-0.2, -0.15) is 12.6 Å². The summed E-state index contributed by atoms with van der Waals surface area (Å²) >= 11 is 3.65. The second-order valence-corrected chi connectivity index (χ2v) is 7.39. The number of aliphatic carboxylic acids is 3. The molecule has 0 saturated heterocycles. The van der Waals surface area contributed by atoms with Gasteiger partial charge in [0.25, 0.3) is 0 Å². The molecule has 190 valence electrons. The van der Waals surface area contributed by atoms with E-state index in [0.29, 0.717) is 25.8 Å². The molecule has 0 amide bonds. The molecule has 0 fully saturated rings. The average Bonchev–Trinajstić information content (AvgIpc) is 3.19. The number of aromatic nitrogens is 1. The summed E-state index contributed by atoms with van der Waals surface area (Å²) in [4.78, 5) is 37.4. The molecule has 34 heavy (non-hydrogen) atoms. The van der Waals surface area contributed by atoms with E-state index in [4.69, 9.17) is 44.0 Å². The molecule has 0 spiro atoms. The van der Waals surface area contributed by atoms with E-state index < -0.39 is 36.0 Å². The predicted octanol–water partition coefficient (Wildman–Crippen LogP) is -1.10. The number of benzene rings is 1. The molecule has 2 rings (SSSR count). The number of hydrogen-bond acceptors (Lipinski definition) is 8. The van der Waals surface area contributed by atoms with Crippen molar-refractivity contribution in [1.29, 1.82) is 0 Å². The average molecular weight is 500 g/mol. The van der Waals surface area contributed by atoms with Crippen molar-refractivity contribution in [3.8, 4) is 0 Å². The minimum atomic E-state index is -1.00. The van der Waals surface area contributed by atoms with Crippen molar-refractivity contribution in [3.63, 3.8) is 0 Å². The molecule has 0 aliphatic heterocycles. The molecule has 0 aliphatic rings. The third-order valence-electron chi connectivity index (χ3n) is 4.23. The highest BCUT2D eigenvalue weighted by Crippen LogP contribution is 2.18. The van der Waals surface area contributed by atoms with Gasteiger partial charge in [0.1, 0.15) is 18.1 Å². The number of guanidine groups is 1. The van der Waals surface area contributed by atoms with Crippen LogP contribution in [-0.2, 0) is 20.8 Å². The smallest absolute Gasteiger partial charge is 0.321 e. The van der Waals surface area contributed by atoms with Crippen molar-refractivity contribution in [3.05, 3.63) is 36.0 Å². The fourth-order valence-corrected chi connectivity index (χ4v) is 2.50. The molecule has 0 radical (unpaired) electrons. The summed E-state index contributed by atoms with van der Waals surface area (Å²) in [6.07, 6.45) is 3.12. The number of carboxylic acids is 3. The van der Waals surface area contributed by atoms with Crippen molar-refractivity contribution in [2.75, 3.05) is 12.3 Å². The molecular weight excluding hydrogens is 466 g/mol. The number of nitrogens with zero attached hydrogens (tertiary/aromatic N) is 1. The molecule has 0 saturated carbocycles. The lowest BCUT2D eigenvalue weighted by Gasteiger charge is -2.04. The first-order valence-corrected chi connectivity index (χ1v) is 10.7. The zero-order chi connectivity index (χ0) is 26.3. The molecule has 1 heterocycles. The Hall–Kier alpha value is -3.33. The van der Waals surface area contributed by atoms with Crippen molar-refractivity contribution in [1.82, 2.24) is 4.98 Å². The van der Waals surface area contributed by atoms with Gasteiger partial charge < -0.3 is 49.0 Å². The number of nitrogens with one attached hydrogen (secondary N) is 1. The van der Waals surface area contributed by atoms with Crippen LogP contribution in [0.2, 0.25) is 0 Å². The van der Waals surface area contributed by atoms with Gasteiger partial charge in [-0.1, -0.05) is 18.2 Å². The van der Waals surface area contributed by atoms with E-state index in [1.165, 1.54) is 0 Å². The van der Waals surface area contributed by atoms with Gasteiger partial charge in [0.15, 0.2) is 5.96 Å². The Morgan fingerprint density at radius 3 is 1.97 bits per heavy atom. The minimum absolute atomic E-state index is 0.0129. The topological polar surface area (TPSA) is 270 Å². The lowest BCUT2D eigenvalue weighted by Crippen LogP contribution is -2.32. The van der Waals surface area contributed by atoms with E-state index in [-0.39, 0.29) is 11.7 Å². The molecule has 0 aliphatic carbocycles. The Balaban J connectivity index is 0.000000516. The van der Waals surface area contributed by atoms with Gasteiger partial charge in [-0.05, 0) is 24.5 Å². The van der Waals surface area contributed by atoms with Crippen LogP contribution in [0.25, 0.3) is 10.9 Å². The molecule has 13 nitrogen and oxygen atoms in total. The maximum atomic E-state index is 10.6.